The van der Waals surface area contributed by atoms with Crippen LogP contribution in [0.3, 0.4) is 0 Å². The fraction of sp³-hybridized carbons (Fsp3) is 0.364. The van der Waals surface area contributed by atoms with Crippen LogP contribution in [0.4, 0.5) is 5.69 Å². The highest BCUT2D eigenvalue weighted by molar-refractivity contribution is 9.10. The van der Waals surface area contributed by atoms with Gasteiger partial charge in [0.15, 0.2) is 5.11 Å². The molecule has 0 spiro atoms. The van der Waals surface area contributed by atoms with Crippen LogP contribution in [-0.2, 0) is 11.3 Å². The van der Waals surface area contributed by atoms with Gasteiger partial charge in [-0.2, -0.15) is 0 Å². The number of benzene rings is 2. The molecule has 4 nitrogen and oxygen atoms in total. The molecule has 154 valence electrons. The molecule has 29 heavy (non-hydrogen) atoms. The summed E-state index contributed by atoms with van der Waals surface area (Å²) in [5, 5.41) is 15.6. The van der Waals surface area contributed by atoms with E-state index in [4.69, 9.17) is 23.8 Å². The number of nitrogens with zero attached hydrogens (tertiary/aromatic N) is 1. The Labute approximate surface area is 190 Å². The van der Waals surface area contributed by atoms with Crippen molar-refractivity contribution in [3.05, 3.63) is 63.6 Å². The van der Waals surface area contributed by atoms with E-state index < -0.39 is 5.97 Å². The number of carbonyl (C=O) groups is 1. The summed E-state index contributed by atoms with van der Waals surface area (Å²) in [5.41, 5.74) is 1.92. The van der Waals surface area contributed by atoms with Crippen LogP contribution in [0.15, 0.2) is 53.0 Å². The molecule has 2 aromatic carbocycles. The number of para-hydroxylation sites is 1. The Bertz CT molecular complexity index is 871. The fourth-order valence-corrected chi connectivity index (χ4v) is 4.60. The highest BCUT2D eigenvalue weighted by Gasteiger charge is 2.25. The highest BCUT2D eigenvalue weighted by atomic mass is 79.9. The first-order valence-electron chi connectivity index (χ1n) is 9.68. The average Bonchev–Trinajstić information content (AvgIpc) is 2.69. The lowest BCUT2D eigenvalue weighted by Gasteiger charge is -2.34. The zero-order valence-electron chi connectivity index (χ0n) is 15.9. The van der Waals surface area contributed by atoms with Gasteiger partial charge in [-0.25, -0.2) is 0 Å². The minimum atomic E-state index is -0.926. The first-order valence-corrected chi connectivity index (χ1v) is 11.3. The smallest absolute Gasteiger partial charge is 0.173 e. The monoisotopic (exact) mass is 493 g/mol. The summed E-state index contributed by atoms with van der Waals surface area (Å²) < 4.78 is 1.02. The summed E-state index contributed by atoms with van der Waals surface area (Å²) in [7, 11) is 0. The van der Waals surface area contributed by atoms with Crippen LogP contribution < -0.4 is 10.4 Å². The second-order valence-corrected chi connectivity index (χ2v) is 9.17. The molecule has 1 aliphatic carbocycles. The molecule has 0 amide bonds. The number of anilines is 1. The summed E-state index contributed by atoms with van der Waals surface area (Å²) in [6.45, 7) is 1.43. The molecule has 0 aromatic heterocycles. The van der Waals surface area contributed by atoms with Gasteiger partial charge in [0, 0.05) is 23.5 Å². The Morgan fingerprint density at radius 3 is 2.55 bits per heavy atom. The number of hydrogen-bond acceptors (Lipinski definition) is 3. The number of aliphatic carboxylic acids is 1. The van der Waals surface area contributed by atoms with E-state index in [1.807, 2.05) is 36.4 Å². The lowest BCUT2D eigenvalue weighted by molar-refractivity contribution is -0.312. The van der Waals surface area contributed by atoms with Crippen LogP contribution in [0.5, 0.6) is 0 Å². The third-order valence-electron chi connectivity index (χ3n) is 5.32. The van der Waals surface area contributed by atoms with Crippen molar-refractivity contribution in [1.82, 2.24) is 4.90 Å². The molecule has 0 bridgehead atoms. The Morgan fingerprint density at radius 1 is 1.17 bits per heavy atom. The molecule has 2 aromatic rings. The molecule has 0 unspecified atom stereocenters. The van der Waals surface area contributed by atoms with E-state index in [0.29, 0.717) is 35.4 Å². The molecule has 7 heteroatoms. The number of hydrogen-bond donors (Lipinski definition) is 1. The first-order chi connectivity index (χ1) is 13.9. The number of carboxylic acids is 1. The first kappa shape index (κ1) is 22.1. The fourth-order valence-electron chi connectivity index (χ4n) is 3.72. The van der Waals surface area contributed by atoms with E-state index in [1.165, 1.54) is 0 Å². The van der Waals surface area contributed by atoms with Crippen LogP contribution in [0.2, 0.25) is 5.02 Å². The molecular formula is C22H23BrClN2O2S-. The summed E-state index contributed by atoms with van der Waals surface area (Å²) in [6.07, 6.45) is 3.07. The van der Waals surface area contributed by atoms with Crippen molar-refractivity contribution in [3.63, 3.8) is 0 Å². The normalized spacial score (nSPS) is 18.8. The van der Waals surface area contributed by atoms with Crippen molar-refractivity contribution in [3.8, 4) is 0 Å². The lowest BCUT2D eigenvalue weighted by atomic mass is 9.82. The number of nitrogens with one attached hydrogen (secondary N) is 1. The van der Waals surface area contributed by atoms with E-state index in [9.17, 15) is 9.90 Å². The molecule has 1 aliphatic rings. The summed E-state index contributed by atoms with van der Waals surface area (Å²) >= 11 is 15.5. The van der Waals surface area contributed by atoms with Gasteiger partial charge in [0.05, 0.1) is 10.7 Å². The second-order valence-electron chi connectivity index (χ2n) is 7.46. The van der Waals surface area contributed by atoms with E-state index in [-0.39, 0.29) is 5.92 Å². The zero-order chi connectivity index (χ0) is 20.8. The van der Waals surface area contributed by atoms with Crippen LogP contribution in [0, 0.1) is 11.8 Å². The number of carbonyl (C=O) groups excluding carboxylic acids is 1. The Kier molecular flexibility index (Phi) is 7.92. The van der Waals surface area contributed by atoms with Gasteiger partial charge in [0.1, 0.15) is 0 Å². The number of thiocarbonyl (C=S) groups is 1. The lowest BCUT2D eigenvalue weighted by Crippen LogP contribution is -2.40. The molecule has 0 aliphatic heterocycles. The predicted molar refractivity (Wildman–Crippen MR) is 123 cm³/mol. The van der Waals surface area contributed by atoms with Gasteiger partial charge in [-0.15, -0.1) is 0 Å². The molecule has 0 atom stereocenters. The number of rotatable bonds is 6. The largest absolute Gasteiger partial charge is 0.550 e. The zero-order valence-corrected chi connectivity index (χ0v) is 19.1. The van der Waals surface area contributed by atoms with Crippen molar-refractivity contribution in [2.45, 2.75) is 32.2 Å². The second kappa shape index (κ2) is 10.4. The van der Waals surface area contributed by atoms with Crippen LogP contribution in [-0.4, -0.2) is 22.5 Å². The van der Waals surface area contributed by atoms with Gasteiger partial charge in [0.25, 0.3) is 0 Å². The van der Waals surface area contributed by atoms with E-state index in [0.717, 1.165) is 35.1 Å². The summed E-state index contributed by atoms with van der Waals surface area (Å²) in [4.78, 5) is 13.3. The maximum absolute atomic E-state index is 11.1. The number of halogens is 2. The molecule has 0 saturated heterocycles. The van der Waals surface area contributed by atoms with Crippen molar-refractivity contribution in [2.75, 3.05) is 11.9 Å². The molecule has 3 rings (SSSR count). The highest BCUT2D eigenvalue weighted by Crippen LogP contribution is 2.30. The van der Waals surface area contributed by atoms with Gasteiger partial charge < -0.3 is 20.1 Å². The van der Waals surface area contributed by atoms with E-state index in [1.54, 1.807) is 0 Å². The molecule has 0 heterocycles. The minimum absolute atomic E-state index is 0.321. The quantitative estimate of drug-likeness (QED) is 0.581. The maximum atomic E-state index is 11.1. The van der Waals surface area contributed by atoms with Crippen LogP contribution in [0.1, 0.15) is 31.2 Å². The Balaban J connectivity index is 1.71. The minimum Gasteiger partial charge on any atom is -0.550 e. The molecule has 1 fully saturated rings. The summed E-state index contributed by atoms with van der Waals surface area (Å²) in [5.74, 6) is -0.855. The average molecular weight is 495 g/mol. The Morgan fingerprint density at radius 2 is 1.90 bits per heavy atom. The third kappa shape index (κ3) is 6.43. The topological polar surface area (TPSA) is 55.4 Å². The predicted octanol–water partition coefficient (Wildman–Crippen LogP) is 4.86. The van der Waals surface area contributed by atoms with Gasteiger partial charge in [-0.3, -0.25) is 0 Å². The van der Waals surface area contributed by atoms with Crippen molar-refractivity contribution < 1.29 is 9.90 Å². The van der Waals surface area contributed by atoms with Crippen LogP contribution >= 0.6 is 39.7 Å². The molecule has 1 saturated carbocycles. The molecule has 1 N–H and O–H groups in total. The van der Waals surface area contributed by atoms with Crippen molar-refractivity contribution in [2.24, 2.45) is 11.8 Å². The van der Waals surface area contributed by atoms with Gasteiger partial charge in [-0.05, 0) is 79.6 Å². The van der Waals surface area contributed by atoms with Gasteiger partial charge >= 0.3 is 0 Å². The van der Waals surface area contributed by atoms with Gasteiger partial charge in [-0.1, -0.05) is 51.8 Å². The molecule has 0 radical (unpaired) electrons. The number of carboxylic acid groups (broad SMARTS) is 1. The van der Waals surface area contributed by atoms with Crippen LogP contribution in [0.25, 0.3) is 0 Å². The summed E-state index contributed by atoms with van der Waals surface area (Å²) in [6, 6.07) is 15.7. The molecular weight excluding hydrogens is 472 g/mol. The van der Waals surface area contributed by atoms with Gasteiger partial charge in [0.2, 0.25) is 0 Å². The van der Waals surface area contributed by atoms with Crippen molar-refractivity contribution in [1.29, 1.82) is 0 Å². The Hall–Kier alpha value is -1.63. The van der Waals surface area contributed by atoms with E-state index >= 15 is 0 Å². The van der Waals surface area contributed by atoms with Crippen molar-refractivity contribution >= 4 is 56.5 Å². The standard InChI is InChI=1S/C22H24BrClN2O2S/c23-18-5-3-4-16(12-18)14-26(13-15-8-10-17(11-9-15)21(27)28)22(29)25-20-7-2-1-6-19(20)24/h1-7,12,15,17H,8-11,13-14H2,(H,25,29)(H,27,28)/p-1. The maximum Gasteiger partial charge on any atom is 0.173 e. The SMILES string of the molecule is O=C([O-])C1CCC(CN(Cc2cccc(Br)c2)C(=S)Nc2ccccc2Cl)CC1. The third-order valence-corrected chi connectivity index (χ3v) is 6.51. The van der Waals surface area contributed by atoms with E-state index in [2.05, 4.69) is 38.3 Å².